The second kappa shape index (κ2) is 10.6. The first-order valence-corrected chi connectivity index (χ1v) is 11.5. The van der Waals surface area contributed by atoms with E-state index in [1.54, 1.807) is 16.5 Å². The highest BCUT2D eigenvalue weighted by molar-refractivity contribution is 6.31. The van der Waals surface area contributed by atoms with Crippen molar-refractivity contribution in [1.82, 2.24) is 35.9 Å². The molecule has 0 bridgehead atoms. The number of halogens is 7. The molecule has 2 aromatic heterocycles. The van der Waals surface area contributed by atoms with Gasteiger partial charge in [-0.25, -0.2) is 15.4 Å². The van der Waals surface area contributed by atoms with E-state index in [2.05, 4.69) is 25.8 Å². The van der Waals surface area contributed by atoms with Crippen LogP contribution in [-0.4, -0.2) is 63.6 Å². The van der Waals surface area contributed by atoms with E-state index in [-0.39, 0.29) is 32.3 Å². The van der Waals surface area contributed by atoms with Crippen LogP contribution in [0.15, 0.2) is 12.4 Å². The summed E-state index contributed by atoms with van der Waals surface area (Å²) in [5, 5.41) is 7.49. The summed E-state index contributed by atoms with van der Waals surface area (Å²) >= 11 is 6.46. The van der Waals surface area contributed by atoms with Crippen molar-refractivity contribution in [2.75, 3.05) is 24.6 Å². The van der Waals surface area contributed by atoms with Crippen LogP contribution in [0.1, 0.15) is 23.9 Å². The number of aromatic nitrogens is 4. The molecule has 10 nitrogen and oxygen atoms in total. The maximum Gasteiger partial charge on any atom is 0.419 e. The largest absolute Gasteiger partial charge is 0.419 e. The molecule has 37 heavy (non-hydrogen) atoms. The number of hydrogen-bond acceptors (Lipinski definition) is 8. The molecule has 2 aromatic rings. The highest BCUT2D eigenvalue weighted by atomic mass is 35.5. The maximum atomic E-state index is 13.3. The molecule has 2 aliphatic rings. The van der Waals surface area contributed by atoms with Crippen molar-refractivity contribution in [3.8, 4) is 0 Å². The Morgan fingerprint density at radius 3 is 2.57 bits per heavy atom. The van der Waals surface area contributed by atoms with Gasteiger partial charge in [-0.15, -0.1) is 0 Å². The van der Waals surface area contributed by atoms with Crippen LogP contribution < -0.4 is 21.1 Å². The molecule has 1 amide bonds. The van der Waals surface area contributed by atoms with Gasteiger partial charge in [0.1, 0.15) is 5.69 Å². The van der Waals surface area contributed by atoms with Crippen molar-refractivity contribution in [1.29, 1.82) is 0 Å². The fourth-order valence-corrected chi connectivity index (χ4v) is 4.39. The first kappa shape index (κ1) is 27.3. The van der Waals surface area contributed by atoms with Crippen LogP contribution in [-0.2, 0) is 35.4 Å². The van der Waals surface area contributed by atoms with Gasteiger partial charge in [-0.2, -0.15) is 31.4 Å². The van der Waals surface area contributed by atoms with Gasteiger partial charge in [0.05, 0.1) is 42.6 Å². The fourth-order valence-electron chi connectivity index (χ4n) is 4.14. The molecule has 17 heteroatoms. The van der Waals surface area contributed by atoms with Crippen LogP contribution >= 0.6 is 11.6 Å². The summed E-state index contributed by atoms with van der Waals surface area (Å²) < 4.78 is 85.4. The molecule has 1 fully saturated rings. The molecular weight excluding hydrogens is 534 g/mol. The molecule has 2 unspecified atom stereocenters. The quantitative estimate of drug-likeness (QED) is 0.445. The Bertz CT molecular complexity index is 1110. The molecule has 3 N–H and O–H groups in total. The van der Waals surface area contributed by atoms with Gasteiger partial charge in [-0.05, 0) is 6.92 Å². The summed E-state index contributed by atoms with van der Waals surface area (Å²) in [6.45, 7) is 2.50. The summed E-state index contributed by atoms with van der Waals surface area (Å²) in [6.07, 6.45) is -7.80. The Labute approximate surface area is 211 Å². The number of ether oxygens (including phenoxy) is 1. The summed E-state index contributed by atoms with van der Waals surface area (Å²) in [5.74, 6) is -3.23. The lowest BCUT2D eigenvalue weighted by Crippen LogP contribution is -2.64. The number of amides is 1. The Balaban J connectivity index is 1.32. The lowest BCUT2D eigenvalue weighted by molar-refractivity contribution is -0.193. The van der Waals surface area contributed by atoms with Crippen molar-refractivity contribution >= 4 is 23.5 Å². The molecule has 0 saturated carbocycles. The van der Waals surface area contributed by atoms with Gasteiger partial charge in [-0.1, -0.05) is 11.6 Å². The van der Waals surface area contributed by atoms with E-state index in [0.29, 0.717) is 29.5 Å². The van der Waals surface area contributed by atoms with E-state index in [0.717, 1.165) is 12.4 Å². The van der Waals surface area contributed by atoms with Crippen LogP contribution in [0, 0.1) is 5.92 Å². The zero-order chi connectivity index (χ0) is 27.0. The molecular formula is C20H23ClF6N8O2. The SMILES string of the molecule is C[C@@H](COCc1nn2c(c1Cl)CN(c1ncc(C(F)(F)F)cn1)CC2)NC1CNNC(=O)C1C(F)(F)F. The average molecular weight is 557 g/mol. The molecule has 0 aromatic carbocycles. The van der Waals surface area contributed by atoms with Crippen molar-refractivity contribution in [3.05, 3.63) is 34.4 Å². The number of carbonyl (C=O) groups excluding carboxylic acids is 1. The van der Waals surface area contributed by atoms with Crippen molar-refractivity contribution in [2.24, 2.45) is 5.92 Å². The van der Waals surface area contributed by atoms with Crippen molar-refractivity contribution in [2.45, 2.75) is 51.1 Å². The van der Waals surface area contributed by atoms with Crippen LogP contribution in [0.2, 0.25) is 5.02 Å². The summed E-state index contributed by atoms with van der Waals surface area (Å²) in [6, 6.07) is -1.69. The number of hydrazine groups is 1. The molecule has 2 aliphatic heterocycles. The minimum absolute atomic E-state index is 0.0201. The molecule has 0 spiro atoms. The number of hydrogen-bond donors (Lipinski definition) is 3. The number of fused-ring (bicyclic) bond motifs is 1. The van der Waals surface area contributed by atoms with Gasteiger partial charge in [0.15, 0.2) is 5.92 Å². The van der Waals surface area contributed by atoms with Gasteiger partial charge < -0.3 is 15.0 Å². The first-order chi connectivity index (χ1) is 17.3. The summed E-state index contributed by atoms with van der Waals surface area (Å²) in [7, 11) is 0. The van der Waals surface area contributed by atoms with E-state index in [1.807, 2.05) is 5.43 Å². The topological polar surface area (TPSA) is 109 Å². The van der Waals surface area contributed by atoms with Crippen molar-refractivity contribution in [3.63, 3.8) is 0 Å². The van der Waals surface area contributed by atoms with E-state index in [4.69, 9.17) is 16.3 Å². The molecule has 204 valence electrons. The number of alkyl halides is 6. The van der Waals surface area contributed by atoms with Gasteiger partial charge in [0, 0.05) is 37.6 Å². The Kier molecular flexibility index (Phi) is 7.83. The van der Waals surface area contributed by atoms with Crippen LogP contribution in [0.25, 0.3) is 0 Å². The lowest BCUT2D eigenvalue weighted by atomic mass is 9.96. The third-order valence-electron chi connectivity index (χ3n) is 5.91. The number of anilines is 1. The van der Waals surface area contributed by atoms with E-state index < -0.39 is 41.8 Å². The number of rotatable bonds is 7. The van der Waals surface area contributed by atoms with Gasteiger partial charge in [-0.3, -0.25) is 14.9 Å². The van der Waals surface area contributed by atoms with Crippen LogP contribution in [0.4, 0.5) is 32.3 Å². The predicted octanol–water partition coefficient (Wildman–Crippen LogP) is 2.04. The number of nitrogens with one attached hydrogen (secondary N) is 3. The van der Waals surface area contributed by atoms with E-state index in [9.17, 15) is 31.1 Å². The zero-order valence-electron chi connectivity index (χ0n) is 19.3. The van der Waals surface area contributed by atoms with Crippen molar-refractivity contribution < 1.29 is 35.9 Å². The third kappa shape index (κ3) is 6.25. The van der Waals surface area contributed by atoms with Crippen LogP contribution in [0.3, 0.4) is 0 Å². The minimum atomic E-state index is -4.70. The van der Waals surface area contributed by atoms with Gasteiger partial charge in [0.2, 0.25) is 11.9 Å². The zero-order valence-corrected chi connectivity index (χ0v) is 20.1. The first-order valence-electron chi connectivity index (χ1n) is 11.2. The minimum Gasteiger partial charge on any atom is -0.373 e. The Morgan fingerprint density at radius 1 is 1.22 bits per heavy atom. The molecule has 4 heterocycles. The highest BCUT2D eigenvalue weighted by Gasteiger charge is 2.51. The average Bonchev–Trinajstić information content (AvgIpc) is 3.12. The molecule has 3 atom stereocenters. The van der Waals surface area contributed by atoms with Gasteiger partial charge >= 0.3 is 12.4 Å². The van der Waals surface area contributed by atoms with Gasteiger partial charge in [0.25, 0.3) is 0 Å². The normalized spacial score (nSPS) is 21.5. The Morgan fingerprint density at radius 2 is 1.92 bits per heavy atom. The van der Waals surface area contributed by atoms with E-state index >= 15 is 0 Å². The van der Waals surface area contributed by atoms with Crippen LogP contribution in [0.5, 0.6) is 0 Å². The summed E-state index contributed by atoms with van der Waals surface area (Å²) in [5.41, 5.74) is 4.50. The second-order valence-electron chi connectivity index (χ2n) is 8.70. The smallest absolute Gasteiger partial charge is 0.373 e. The molecule has 0 aliphatic carbocycles. The Hall–Kier alpha value is -2.69. The lowest BCUT2D eigenvalue weighted by Gasteiger charge is -2.35. The van der Waals surface area contributed by atoms with E-state index in [1.165, 1.54) is 0 Å². The third-order valence-corrected chi connectivity index (χ3v) is 6.34. The molecule has 0 radical (unpaired) electrons. The fraction of sp³-hybridized carbons (Fsp3) is 0.600. The standard InChI is InChI=1S/C20H23ClF6N8O2/c1-10(31-12-6-30-32-17(36)15(12)20(25,26)27)8-37-9-13-16(21)14-7-34(2-3-35(14)33-13)18-28-4-11(5-29-18)19(22,23)24/h4-5,10,12,15,30-31H,2-3,6-9H2,1H3,(H,32,36)/t10-,12?,15?/m0/s1. The predicted molar refractivity (Wildman–Crippen MR) is 117 cm³/mol. The number of nitrogens with zero attached hydrogens (tertiary/aromatic N) is 5. The maximum absolute atomic E-state index is 13.3. The second-order valence-corrected chi connectivity index (χ2v) is 9.08. The molecule has 4 rings (SSSR count). The molecule has 1 saturated heterocycles. The monoisotopic (exact) mass is 556 g/mol. The highest BCUT2D eigenvalue weighted by Crippen LogP contribution is 2.31. The summed E-state index contributed by atoms with van der Waals surface area (Å²) in [4.78, 5) is 21.0. The number of carbonyl (C=O) groups is 1.